The van der Waals surface area contributed by atoms with Crippen molar-refractivity contribution in [2.24, 2.45) is 5.92 Å². The second-order valence-electron chi connectivity index (χ2n) is 6.46. The Balaban J connectivity index is 2.14. The van der Waals surface area contributed by atoms with E-state index >= 15 is 0 Å². The summed E-state index contributed by atoms with van der Waals surface area (Å²) in [7, 11) is 0. The van der Waals surface area contributed by atoms with Gasteiger partial charge in [-0.3, -0.25) is 0 Å². The van der Waals surface area contributed by atoms with Crippen molar-refractivity contribution in [1.82, 2.24) is 5.32 Å². The lowest BCUT2D eigenvalue weighted by Crippen LogP contribution is -2.21. The summed E-state index contributed by atoms with van der Waals surface area (Å²) in [5.41, 5.74) is 1.05. The highest BCUT2D eigenvalue weighted by Gasteiger charge is 2.09. The van der Waals surface area contributed by atoms with Gasteiger partial charge in [-0.25, -0.2) is 0 Å². The summed E-state index contributed by atoms with van der Waals surface area (Å²) in [5.74, 6) is 1.52. The zero-order valence-corrected chi connectivity index (χ0v) is 13.5. The van der Waals surface area contributed by atoms with E-state index in [0.717, 1.165) is 24.4 Å². The fourth-order valence-corrected chi connectivity index (χ4v) is 1.68. The molecule has 1 aromatic heterocycles. The van der Waals surface area contributed by atoms with Gasteiger partial charge in [-0.15, -0.1) is 0 Å². The first-order valence-corrected chi connectivity index (χ1v) is 7.35. The van der Waals surface area contributed by atoms with Crippen molar-refractivity contribution in [2.45, 2.75) is 53.4 Å². The third kappa shape index (κ3) is 8.35. The van der Waals surface area contributed by atoms with Crippen molar-refractivity contribution in [3.05, 3.63) is 23.7 Å². The number of hydrogen-bond donors (Lipinski definition) is 1. The van der Waals surface area contributed by atoms with E-state index in [2.05, 4.69) is 19.2 Å². The molecule has 20 heavy (non-hydrogen) atoms. The van der Waals surface area contributed by atoms with Crippen LogP contribution in [0.4, 0.5) is 0 Å². The molecular weight excluding hydrogens is 254 g/mol. The summed E-state index contributed by atoms with van der Waals surface area (Å²) in [6.07, 6.45) is 1.79. The highest BCUT2D eigenvalue weighted by atomic mass is 16.5. The summed E-state index contributed by atoms with van der Waals surface area (Å²) in [4.78, 5) is 0. The summed E-state index contributed by atoms with van der Waals surface area (Å²) in [6, 6.07) is 2.04. The van der Waals surface area contributed by atoms with E-state index in [1.165, 1.54) is 0 Å². The van der Waals surface area contributed by atoms with Crippen LogP contribution in [-0.2, 0) is 22.6 Å². The van der Waals surface area contributed by atoms with Crippen LogP contribution in [0.15, 0.2) is 16.7 Å². The molecular formula is C16H29NO3. The minimum absolute atomic E-state index is 0.108. The Bertz CT molecular complexity index is 366. The second kappa shape index (κ2) is 8.45. The Kier molecular flexibility index (Phi) is 7.27. The van der Waals surface area contributed by atoms with Gasteiger partial charge >= 0.3 is 0 Å². The molecule has 0 bridgehead atoms. The normalized spacial score (nSPS) is 12.3. The van der Waals surface area contributed by atoms with Gasteiger partial charge < -0.3 is 19.2 Å². The van der Waals surface area contributed by atoms with E-state index < -0.39 is 0 Å². The van der Waals surface area contributed by atoms with Gasteiger partial charge in [0.1, 0.15) is 12.4 Å². The summed E-state index contributed by atoms with van der Waals surface area (Å²) < 4.78 is 16.6. The van der Waals surface area contributed by atoms with Gasteiger partial charge in [0.15, 0.2) is 0 Å². The van der Waals surface area contributed by atoms with Crippen LogP contribution in [0.2, 0.25) is 0 Å². The Hall–Kier alpha value is -0.840. The molecule has 0 saturated carbocycles. The van der Waals surface area contributed by atoms with Crippen LogP contribution in [0, 0.1) is 5.92 Å². The van der Waals surface area contributed by atoms with E-state index in [4.69, 9.17) is 13.9 Å². The third-order valence-corrected chi connectivity index (χ3v) is 2.60. The van der Waals surface area contributed by atoms with Gasteiger partial charge in [0.2, 0.25) is 0 Å². The first-order valence-electron chi connectivity index (χ1n) is 7.35. The van der Waals surface area contributed by atoms with Crippen molar-refractivity contribution < 1.29 is 13.9 Å². The van der Waals surface area contributed by atoms with Crippen LogP contribution >= 0.6 is 0 Å². The maximum atomic E-state index is 5.58. The smallest absolute Gasteiger partial charge is 0.129 e. The molecule has 0 aliphatic carbocycles. The Labute approximate surface area is 122 Å². The topological polar surface area (TPSA) is 43.6 Å². The van der Waals surface area contributed by atoms with Crippen LogP contribution in [0.25, 0.3) is 0 Å². The molecule has 4 heteroatoms. The van der Waals surface area contributed by atoms with Crippen LogP contribution in [-0.4, -0.2) is 25.4 Å². The van der Waals surface area contributed by atoms with Crippen LogP contribution in [0.3, 0.4) is 0 Å². The van der Waals surface area contributed by atoms with Crippen molar-refractivity contribution in [3.8, 4) is 0 Å². The molecule has 0 amide bonds. The number of nitrogens with one attached hydrogen (secondary N) is 1. The number of ether oxygens (including phenoxy) is 2. The Morgan fingerprint density at radius 1 is 1.25 bits per heavy atom. The highest BCUT2D eigenvalue weighted by molar-refractivity contribution is 5.11. The number of furan rings is 1. The minimum atomic E-state index is -0.108. The third-order valence-electron chi connectivity index (χ3n) is 2.60. The van der Waals surface area contributed by atoms with Crippen molar-refractivity contribution >= 4 is 0 Å². The molecule has 1 aromatic rings. The molecule has 1 heterocycles. The fraction of sp³-hybridized carbons (Fsp3) is 0.750. The van der Waals surface area contributed by atoms with Crippen molar-refractivity contribution in [1.29, 1.82) is 0 Å². The van der Waals surface area contributed by atoms with E-state index in [0.29, 0.717) is 25.7 Å². The zero-order chi connectivity index (χ0) is 15.0. The Morgan fingerprint density at radius 2 is 2.00 bits per heavy atom. The summed E-state index contributed by atoms with van der Waals surface area (Å²) in [5, 5.41) is 3.39. The summed E-state index contributed by atoms with van der Waals surface area (Å²) in [6.45, 7) is 14.0. The largest absolute Gasteiger partial charge is 0.467 e. The molecule has 0 radical (unpaired) electrons. The molecule has 4 nitrogen and oxygen atoms in total. The minimum Gasteiger partial charge on any atom is -0.467 e. The van der Waals surface area contributed by atoms with Gasteiger partial charge in [0.05, 0.1) is 25.1 Å². The van der Waals surface area contributed by atoms with Crippen LogP contribution in [0.5, 0.6) is 0 Å². The zero-order valence-electron chi connectivity index (χ0n) is 13.5. The number of rotatable bonds is 9. The molecule has 116 valence electrons. The number of hydrogen-bond acceptors (Lipinski definition) is 4. The predicted octanol–water partition coefficient (Wildman–Crippen LogP) is 3.36. The molecule has 0 saturated heterocycles. The molecule has 0 fully saturated rings. The predicted molar refractivity (Wildman–Crippen MR) is 80.6 cm³/mol. The second-order valence-corrected chi connectivity index (χ2v) is 6.46. The van der Waals surface area contributed by atoms with Crippen LogP contribution in [0.1, 0.15) is 45.9 Å². The van der Waals surface area contributed by atoms with Gasteiger partial charge in [-0.05, 0) is 39.3 Å². The van der Waals surface area contributed by atoms with E-state index in [-0.39, 0.29) is 5.60 Å². The lowest BCUT2D eigenvalue weighted by Gasteiger charge is -2.19. The van der Waals surface area contributed by atoms with Crippen LogP contribution < -0.4 is 5.32 Å². The summed E-state index contributed by atoms with van der Waals surface area (Å²) >= 11 is 0. The van der Waals surface area contributed by atoms with Gasteiger partial charge in [0.25, 0.3) is 0 Å². The molecule has 0 aliphatic rings. The van der Waals surface area contributed by atoms with E-state index in [1.54, 1.807) is 6.26 Å². The Morgan fingerprint density at radius 3 is 2.65 bits per heavy atom. The highest BCUT2D eigenvalue weighted by Crippen LogP contribution is 2.10. The molecule has 0 unspecified atom stereocenters. The fourth-order valence-electron chi connectivity index (χ4n) is 1.68. The van der Waals surface area contributed by atoms with Gasteiger partial charge in [-0.1, -0.05) is 13.8 Å². The molecule has 0 atom stereocenters. The first-order chi connectivity index (χ1) is 9.37. The molecule has 0 aromatic carbocycles. The molecule has 1 rings (SSSR count). The lowest BCUT2D eigenvalue weighted by molar-refractivity contribution is -0.0394. The van der Waals surface area contributed by atoms with Gasteiger partial charge in [-0.2, -0.15) is 0 Å². The molecule has 0 aliphatic heterocycles. The molecule has 1 N–H and O–H groups in total. The van der Waals surface area contributed by atoms with E-state index in [9.17, 15) is 0 Å². The van der Waals surface area contributed by atoms with Crippen molar-refractivity contribution in [3.63, 3.8) is 0 Å². The SMILES string of the molecule is CC(C)CNCc1coc(COCCOC(C)(C)C)c1. The first kappa shape index (κ1) is 17.2. The average molecular weight is 283 g/mol. The molecule has 0 spiro atoms. The lowest BCUT2D eigenvalue weighted by atomic mass is 10.2. The monoisotopic (exact) mass is 283 g/mol. The maximum absolute atomic E-state index is 5.58. The standard InChI is InChI=1S/C16H29NO3/c1-13(2)9-17-10-14-8-15(19-11-14)12-18-6-7-20-16(3,4)5/h8,11,13,17H,6-7,9-10,12H2,1-5H3. The van der Waals surface area contributed by atoms with Gasteiger partial charge in [0, 0.05) is 12.1 Å². The average Bonchev–Trinajstić information content (AvgIpc) is 2.74. The van der Waals surface area contributed by atoms with E-state index in [1.807, 2.05) is 26.8 Å². The van der Waals surface area contributed by atoms with Crippen molar-refractivity contribution in [2.75, 3.05) is 19.8 Å². The maximum Gasteiger partial charge on any atom is 0.129 e. The quantitative estimate of drug-likeness (QED) is 0.706.